The van der Waals surface area contributed by atoms with Gasteiger partial charge >= 0.3 is 6.01 Å². The van der Waals surface area contributed by atoms with Gasteiger partial charge in [-0.2, -0.15) is 15.0 Å². The summed E-state index contributed by atoms with van der Waals surface area (Å²) in [6.45, 7) is 5.47. The average molecular weight is 304 g/mol. The number of hydrazine groups is 1. The number of ether oxygens (including phenoxy) is 1. The molecule has 1 heterocycles. The summed E-state index contributed by atoms with van der Waals surface area (Å²) in [4.78, 5) is 11.9. The van der Waals surface area contributed by atoms with Crippen molar-refractivity contribution in [3.8, 4) is 6.01 Å². The average Bonchev–Trinajstić information content (AvgIpc) is 2.37. The van der Waals surface area contributed by atoms with Crippen molar-refractivity contribution in [3.63, 3.8) is 0 Å². The maximum absolute atomic E-state index is 11.4. The highest BCUT2D eigenvalue weighted by molar-refractivity contribution is 7.91. The minimum Gasteiger partial charge on any atom is -0.461 e. The van der Waals surface area contributed by atoms with Crippen LogP contribution >= 0.6 is 0 Å². The van der Waals surface area contributed by atoms with E-state index in [9.17, 15) is 8.42 Å². The molecule has 0 unspecified atom stereocenters. The number of nitrogen functional groups attached to an aromatic ring is 1. The molecule has 0 spiro atoms. The Morgan fingerprint density at radius 3 is 2.45 bits per heavy atom. The lowest BCUT2D eigenvalue weighted by Gasteiger charge is -2.11. The van der Waals surface area contributed by atoms with Gasteiger partial charge in [-0.1, -0.05) is 6.92 Å². The highest BCUT2D eigenvalue weighted by Gasteiger charge is 2.10. The van der Waals surface area contributed by atoms with Gasteiger partial charge in [0.25, 0.3) is 0 Å². The molecular formula is C10H20N6O3S. The van der Waals surface area contributed by atoms with Crippen molar-refractivity contribution in [2.75, 3.05) is 28.8 Å². The number of nitrogens with one attached hydrogen (secondary N) is 2. The zero-order chi connectivity index (χ0) is 15.2. The number of anilines is 2. The van der Waals surface area contributed by atoms with E-state index in [2.05, 4.69) is 25.7 Å². The van der Waals surface area contributed by atoms with Gasteiger partial charge in [-0.3, -0.25) is 5.43 Å². The molecule has 9 nitrogen and oxygen atoms in total. The summed E-state index contributed by atoms with van der Waals surface area (Å²) < 4.78 is 28.1. The first kappa shape index (κ1) is 16.4. The van der Waals surface area contributed by atoms with Gasteiger partial charge in [0.2, 0.25) is 11.9 Å². The summed E-state index contributed by atoms with van der Waals surface area (Å²) in [5, 5.41) is 2.81. The first-order chi connectivity index (χ1) is 9.36. The summed E-state index contributed by atoms with van der Waals surface area (Å²) in [5.74, 6) is 5.70. The topological polar surface area (TPSA) is 132 Å². The lowest BCUT2D eigenvalue weighted by Crippen LogP contribution is -2.20. The Balaban J connectivity index is 2.73. The molecule has 1 aromatic rings. The summed E-state index contributed by atoms with van der Waals surface area (Å²) >= 11 is 0. The summed E-state index contributed by atoms with van der Waals surface area (Å²) in [6.07, 6.45) is -0.101. The van der Waals surface area contributed by atoms with Gasteiger partial charge in [0, 0.05) is 12.3 Å². The minimum atomic E-state index is -3.04. The number of nitrogens with zero attached hydrogens (tertiary/aromatic N) is 3. The molecule has 20 heavy (non-hydrogen) atoms. The maximum atomic E-state index is 11.4. The van der Waals surface area contributed by atoms with Gasteiger partial charge < -0.3 is 10.1 Å². The molecule has 0 aromatic carbocycles. The maximum Gasteiger partial charge on any atom is 0.323 e. The van der Waals surface area contributed by atoms with Gasteiger partial charge in [0.05, 0.1) is 11.9 Å². The van der Waals surface area contributed by atoms with Crippen molar-refractivity contribution < 1.29 is 13.2 Å². The highest BCUT2D eigenvalue weighted by atomic mass is 32.2. The summed E-state index contributed by atoms with van der Waals surface area (Å²) in [5.41, 5.74) is 2.30. The Morgan fingerprint density at radius 1 is 1.25 bits per heavy atom. The van der Waals surface area contributed by atoms with E-state index >= 15 is 0 Å². The number of rotatable bonds is 8. The minimum absolute atomic E-state index is 0.000933. The summed E-state index contributed by atoms with van der Waals surface area (Å²) in [7, 11) is -3.04. The van der Waals surface area contributed by atoms with E-state index in [0.29, 0.717) is 0 Å². The van der Waals surface area contributed by atoms with Crippen LogP contribution in [0.3, 0.4) is 0 Å². The Morgan fingerprint density at radius 2 is 1.90 bits per heavy atom. The quantitative estimate of drug-likeness (QED) is 0.440. The second-order valence-corrected chi connectivity index (χ2v) is 6.71. The Hall–Kier alpha value is -1.68. The van der Waals surface area contributed by atoms with E-state index in [1.807, 2.05) is 13.8 Å². The lowest BCUT2D eigenvalue weighted by atomic mass is 10.5. The molecule has 0 saturated heterocycles. The molecule has 0 atom stereocenters. The number of hydrogen-bond donors (Lipinski definition) is 3. The van der Waals surface area contributed by atoms with Crippen LogP contribution in [-0.4, -0.2) is 47.5 Å². The highest BCUT2D eigenvalue weighted by Crippen LogP contribution is 2.11. The third kappa shape index (κ3) is 5.53. The van der Waals surface area contributed by atoms with Crippen LogP contribution in [0.2, 0.25) is 0 Å². The lowest BCUT2D eigenvalue weighted by molar-refractivity contribution is 0.222. The second-order valence-electron chi connectivity index (χ2n) is 4.24. The predicted octanol–water partition coefficient (Wildman–Crippen LogP) is -0.209. The predicted molar refractivity (Wildman–Crippen MR) is 76.2 cm³/mol. The largest absolute Gasteiger partial charge is 0.461 e. The molecule has 0 amide bonds. The molecule has 1 aromatic heterocycles. The van der Waals surface area contributed by atoms with E-state index in [1.54, 1.807) is 6.92 Å². The third-order valence-electron chi connectivity index (χ3n) is 2.22. The van der Waals surface area contributed by atoms with Crippen molar-refractivity contribution in [2.45, 2.75) is 26.9 Å². The van der Waals surface area contributed by atoms with Crippen molar-refractivity contribution in [3.05, 3.63) is 0 Å². The molecule has 1 rings (SSSR count). The van der Waals surface area contributed by atoms with Crippen molar-refractivity contribution in [1.29, 1.82) is 0 Å². The smallest absolute Gasteiger partial charge is 0.323 e. The van der Waals surface area contributed by atoms with Crippen molar-refractivity contribution >= 4 is 21.7 Å². The fraction of sp³-hybridized carbons (Fsp3) is 0.700. The van der Waals surface area contributed by atoms with Gasteiger partial charge in [-0.05, 0) is 13.8 Å². The molecule has 0 fully saturated rings. The first-order valence-electron chi connectivity index (χ1n) is 6.20. The Kier molecular flexibility index (Phi) is 5.89. The van der Waals surface area contributed by atoms with Crippen LogP contribution < -0.4 is 21.3 Å². The first-order valence-corrected chi connectivity index (χ1v) is 8.02. The number of aromatic nitrogens is 3. The second kappa shape index (κ2) is 7.20. The van der Waals surface area contributed by atoms with Gasteiger partial charge in [-0.15, -0.1) is 0 Å². The zero-order valence-corrected chi connectivity index (χ0v) is 12.6. The van der Waals surface area contributed by atoms with Gasteiger partial charge in [-0.25, -0.2) is 14.3 Å². The molecule has 114 valence electrons. The van der Waals surface area contributed by atoms with E-state index < -0.39 is 9.84 Å². The van der Waals surface area contributed by atoms with E-state index in [0.717, 1.165) is 0 Å². The van der Waals surface area contributed by atoms with Crippen LogP contribution in [0.5, 0.6) is 6.01 Å². The van der Waals surface area contributed by atoms with Crippen LogP contribution in [0.1, 0.15) is 20.8 Å². The standard InChI is InChI=1S/C10H20N6O3S/c1-4-20(17,18)6-5-12-8-13-9(16-11)15-10(14-8)19-7(2)3/h7H,4-6,11H2,1-3H3,(H2,12,13,14,15,16). The number of hydrogen-bond acceptors (Lipinski definition) is 9. The fourth-order valence-electron chi connectivity index (χ4n) is 1.23. The molecule has 0 bridgehead atoms. The van der Waals surface area contributed by atoms with E-state index in [-0.39, 0.29) is 42.1 Å². The molecule has 10 heteroatoms. The molecule has 0 aliphatic heterocycles. The Bertz CT molecular complexity index is 534. The monoisotopic (exact) mass is 304 g/mol. The third-order valence-corrected chi connectivity index (χ3v) is 3.93. The molecule has 0 radical (unpaired) electrons. The van der Waals surface area contributed by atoms with E-state index in [1.165, 1.54) is 0 Å². The normalized spacial score (nSPS) is 11.4. The number of sulfone groups is 1. The Labute approximate surface area is 118 Å². The van der Waals surface area contributed by atoms with Crippen LogP contribution in [0, 0.1) is 0 Å². The molecule has 4 N–H and O–H groups in total. The van der Waals surface area contributed by atoms with Crippen molar-refractivity contribution in [1.82, 2.24) is 15.0 Å². The molecular weight excluding hydrogens is 284 g/mol. The fourth-order valence-corrected chi connectivity index (χ4v) is 1.93. The van der Waals surface area contributed by atoms with Crippen LogP contribution in [0.25, 0.3) is 0 Å². The van der Waals surface area contributed by atoms with Gasteiger partial charge in [0.1, 0.15) is 0 Å². The molecule has 0 saturated carbocycles. The van der Waals surface area contributed by atoms with E-state index in [4.69, 9.17) is 10.6 Å². The van der Waals surface area contributed by atoms with Crippen LogP contribution in [0.15, 0.2) is 0 Å². The molecule has 0 aliphatic carbocycles. The molecule has 0 aliphatic rings. The number of nitrogens with two attached hydrogens (primary N) is 1. The van der Waals surface area contributed by atoms with Crippen LogP contribution in [0.4, 0.5) is 11.9 Å². The van der Waals surface area contributed by atoms with Crippen molar-refractivity contribution in [2.24, 2.45) is 5.84 Å². The SMILES string of the molecule is CCS(=O)(=O)CCNc1nc(NN)nc(OC(C)C)n1. The van der Waals surface area contributed by atoms with Crippen LogP contribution in [-0.2, 0) is 9.84 Å². The van der Waals surface area contributed by atoms with Gasteiger partial charge in [0.15, 0.2) is 9.84 Å². The summed E-state index contributed by atoms with van der Waals surface area (Å²) in [6, 6.07) is 0.115. The zero-order valence-electron chi connectivity index (χ0n) is 11.8.